The van der Waals surface area contributed by atoms with E-state index in [2.05, 4.69) is 27.9 Å². The smallest absolute Gasteiger partial charge is 0.335 e. The first-order valence-corrected chi connectivity index (χ1v) is 7.07. The minimum Gasteiger partial charge on any atom is -0.495 e. The van der Waals surface area contributed by atoms with Crippen molar-refractivity contribution >= 4 is 40.2 Å². The third-order valence-corrected chi connectivity index (χ3v) is 3.52. The van der Waals surface area contributed by atoms with Crippen LogP contribution in [0.25, 0.3) is 0 Å². The number of ether oxygens (including phenoxy) is 1. The minimum absolute atomic E-state index is 0.0775. The molecule has 0 saturated carbocycles. The van der Waals surface area contributed by atoms with Crippen LogP contribution in [0, 0.1) is 3.57 Å². The lowest BCUT2D eigenvalue weighted by atomic mass is 10.1. The van der Waals surface area contributed by atoms with Gasteiger partial charge in [0, 0.05) is 9.13 Å². The largest absolute Gasteiger partial charge is 0.495 e. The van der Waals surface area contributed by atoms with E-state index in [1.807, 2.05) is 12.1 Å². The number of benzene rings is 2. The fourth-order valence-corrected chi connectivity index (χ4v) is 2.09. The van der Waals surface area contributed by atoms with Gasteiger partial charge in [-0.05, 0) is 65.1 Å². The molecule has 0 aliphatic heterocycles. The summed E-state index contributed by atoms with van der Waals surface area (Å²) in [7, 11) is 1.45. The molecule has 1 amide bonds. The van der Waals surface area contributed by atoms with Gasteiger partial charge in [0.1, 0.15) is 5.75 Å². The van der Waals surface area contributed by atoms with Crippen LogP contribution in [0.1, 0.15) is 20.7 Å². The van der Waals surface area contributed by atoms with Crippen LogP contribution >= 0.6 is 22.6 Å². The summed E-state index contributed by atoms with van der Waals surface area (Å²) in [5.74, 6) is -0.992. The summed E-state index contributed by atoms with van der Waals surface area (Å²) in [5, 5.41) is 11.7. The van der Waals surface area contributed by atoms with Crippen molar-refractivity contribution in [3.8, 4) is 5.75 Å². The predicted octanol–water partition coefficient (Wildman–Crippen LogP) is 3.25. The second-order valence-corrected chi connectivity index (χ2v) is 5.43. The Balaban J connectivity index is 2.29. The Morgan fingerprint density at radius 1 is 1.10 bits per heavy atom. The van der Waals surface area contributed by atoms with Crippen molar-refractivity contribution < 1.29 is 19.4 Å². The third kappa shape index (κ3) is 3.72. The van der Waals surface area contributed by atoms with Crippen LogP contribution in [-0.4, -0.2) is 24.1 Å². The van der Waals surface area contributed by atoms with E-state index in [1.165, 1.54) is 25.3 Å². The number of carbonyl (C=O) groups is 2. The van der Waals surface area contributed by atoms with Crippen molar-refractivity contribution in [3.05, 3.63) is 57.2 Å². The highest BCUT2D eigenvalue weighted by Gasteiger charge is 2.12. The van der Waals surface area contributed by atoms with Crippen LogP contribution in [0.5, 0.6) is 5.75 Å². The van der Waals surface area contributed by atoms with E-state index < -0.39 is 5.97 Å². The molecule has 21 heavy (non-hydrogen) atoms. The second-order valence-electron chi connectivity index (χ2n) is 4.18. The molecule has 0 aliphatic carbocycles. The van der Waals surface area contributed by atoms with Gasteiger partial charge in [0.2, 0.25) is 0 Å². The molecule has 2 N–H and O–H groups in total. The van der Waals surface area contributed by atoms with E-state index in [0.717, 1.165) is 3.57 Å². The van der Waals surface area contributed by atoms with Gasteiger partial charge < -0.3 is 15.2 Å². The SMILES string of the molecule is COc1ccc(C(=O)O)cc1NC(=O)c1ccc(I)cc1. The quantitative estimate of drug-likeness (QED) is 0.777. The first-order valence-electron chi connectivity index (χ1n) is 5.99. The van der Waals surface area contributed by atoms with Crippen LogP contribution in [-0.2, 0) is 0 Å². The maximum atomic E-state index is 12.2. The number of rotatable bonds is 4. The Kier molecular flexibility index (Phi) is 4.79. The first-order chi connectivity index (χ1) is 10.0. The predicted molar refractivity (Wildman–Crippen MR) is 87.1 cm³/mol. The second kappa shape index (κ2) is 6.57. The molecule has 5 nitrogen and oxygen atoms in total. The Bertz CT molecular complexity index is 683. The maximum Gasteiger partial charge on any atom is 0.335 e. The zero-order chi connectivity index (χ0) is 15.4. The fourth-order valence-electron chi connectivity index (χ4n) is 1.73. The lowest BCUT2D eigenvalue weighted by Crippen LogP contribution is -2.13. The van der Waals surface area contributed by atoms with Crippen molar-refractivity contribution in [3.63, 3.8) is 0 Å². The van der Waals surface area contributed by atoms with Crippen molar-refractivity contribution in [2.45, 2.75) is 0 Å². The molecule has 0 unspecified atom stereocenters. The summed E-state index contributed by atoms with van der Waals surface area (Å²) in [6, 6.07) is 11.3. The van der Waals surface area contributed by atoms with Gasteiger partial charge in [0.25, 0.3) is 5.91 Å². The highest BCUT2D eigenvalue weighted by molar-refractivity contribution is 14.1. The Morgan fingerprint density at radius 2 is 1.71 bits per heavy atom. The molecule has 0 heterocycles. The maximum absolute atomic E-state index is 12.2. The molecule has 0 saturated heterocycles. The number of carbonyl (C=O) groups excluding carboxylic acids is 1. The normalized spacial score (nSPS) is 10.0. The third-order valence-electron chi connectivity index (χ3n) is 2.80. The molecule has 0 atom stereocenters. The molecule has 2 aromatic rings. The number of methoxy groups -OCH3 is 1. The Labute approximate surface area is 135 Å². The van der Waals surface area contributed by atoms with E-state index >= 15 is 0 Å². The molecule has 0 aromatic heterocycles. The monoisotopic (exact) mass is 397 g/mol. The molecule has 0 fully saturated rings. The summed E-state index contributed by atoms with van der Waals surface area (Å²) in [6.45, 7) is 0. The summed E-state index contributed by atoms with van der Waals surface area (Å²) in [6.07, 6.45) is 0. The summed E-state index contributed by atoms with van der Waals surface area (Å²) in [4.78, 5) is 23.1. The number of carboxylic acid groups (broad SMARTS) is 1. The van der Waals surface area contributed by atoms with E-state index in [1.54, 1.807) is 12.1 Å². The van der Waals surface area contributed by atoms with E-state index in [4.69, 9.17) is 9.84 Å². The molecule has 0 radical (unpaired) electrons. The van der Waals surface area contributed by atoms with Crippen molar-refractivity contribution in [1.29, 1.82) is 0 Å². The highest BCUT2D eigenvalue weighted by Crippen LogP contribution is 2.26. The average Bonchev–Trinajstić information content (AvgIpc) is 2.47. The number of amides is 1. The van der Waals surface area contributed by atoms with Crippen molar-refractivity contribution in [2.75, 3.05) is 12.4 Å². The molecule has 6 heteroatoms. The molecule has 2 aromatic carbocycles. The number of anilines is 1. The van der Waals surface area contributed by atoms with Crippen LogP contribution in [0.2, 0.25) is 0 Å². The van der Waals surface area contributed by atoms with Gasteiger partial charge in [-0.25, -0.2) is 4.79 Å². The first kappa shape index (κ1) is 15.3. The lowest BCUT2D eigenvalue weighted by Gasteiger charge is -2.11. The summed E-state index contributed by atoms with van der Waals surface area (Å²) >= 11 is 2.15. The Hall–Kier alpha value is -2.09. The molecule has 108 valence electrons. The van der Waals surface area contributed by atoms with E-state index in [9.17, 15) is 9.59 Å². The van der Waals surface area contributed by atoms with Gasteiger partial charge >= 0.3 is 5.97 Å². The van der Waals surface area contributed by atoms with Crippen molar-refractivity contribution in [1.82, 2.24) is 0 Å². The van der Waals surface area contributed by atoms with E-state index in [0.29, 0.717) is 17.0 Å². The van der Waals surface area contributed by atoms with Crippen LogP contribution in [0.4, 0.5) is 5.69 Å². The number of hydrogen-bond donors (Lipinski definition) is 2. The van der Waals surface area contributed by atoms with Gasteiger partial charge in [-0.1, -0.05) is 0 Å². The van der Waals surface area contributed by atoms with Crippen molar-refractivity contribution in [2.24, 2.45) is 0 Å². The number of carboxylic acids is 1. The summed E-state index contributed by atoms with van der Waals surface area (Å²) < 4.78 is 6.15. The van der Waals surface area contributed by atoms with Crippen LogP contribution in [0.15, 0.2) is 42.5 Å². The van der Waals surface area contributed by atoms with Gasteiger partial charge in [0.05, 0.1) is 18.4 Å². The minimum atomic E-state index is -1.07. The number of aromatic carboxylic acids is 1. The lowest BCUT2D eigenvalue weighted by molar-refractivity contribution is 0.0696. The molecule has 2 rings (SSSR count). The Morgan fingerprint density at radius 3 is 2.29 bits per heavy atom. The van der Waals surface area contributed by atoms with Gasteiger partial charge in [-0.15, -0.1) is 0 Å². The highest BCUT2D eigenvalue weighted by atomic mass is 127. The van der Waals surface area contributed by atoms with Gasteiger partial charge in [0.15, 0.2) is 0 Å². The van der Waals surface area contributed by atoms with E-state index in [-0.39, 0.29) is 11.5 Å². The zero-order valence-corrected chi connectivity index (χ0v) is 13.2. The molecular formula is C15H12INO4. The van der Waals surface area contributed by atoms with Gasteiger partial charge in [-0.3, -0.25) is 4.79 Å². The average molecular weight is 397 g/mol. The number of nitrogens with one attached hydrogen (secondary N) is 1. The summed E-state index contributed by atoms with van der Waals surface area (Å²) in [5.41, 5.74) is 0.882. The molecular weight excluding hydrogens is 385 g/mol. The molecule has 0 bridgehead atoms. The topological polar surface area (TPSA) is 75.6 Å². The van der Waals surface area contributed by atoms with Crippen LogP contribution in [0.3, 0.4) is 0 Å². The fraction of sp³-hybridized carbons (Fsp3) is 0.0667. The number of halogens is 1. The number of hydrogen-bond acceptors (Lipinski definition) is 3. The molecule has 0 spiro atoms. The van der Waals surface area contributed by atoms with Gasteiger partial charge in [-0.2, -0.15) is 0 Å². The van der Waals surface area contributed by atoms with Crippen LogP contribution < -0.4 is 10.1 Å². The molecule has 0 aliphatic rings. The standard InChI is InChI=1S/C15H12INO4/c1-21-13-7-4-10(15(19)20)8-12(13)17-14(18)9-2-5-11(16)6-3-9/h2-8H,1H3,(H,17,18)(H,19,20). The zero-order valence-electron chi connectivity index (χ0n) is 11.1.